The molecule has 0 radical (unpaired) electrons. The first-order chi connectivity index (χ1) is 16.9. The molecule has 1 amide bonds. The van der Waals surface area contributed by atoms with Crippen molar-refractivity contribution < 1.29 is 21.6 Å². The number of benzene rings is 2. The minimum atomic E-state index is -4.02. The number of hydrogen-bond donors (Lipinski definition) is 2. The van der Waals surface area contributed by atoms with Gasteiger partial charge in [-0.05, 0) is 72.7 Å². The largest absolute Gasteiger partial charge is 0.383 e. The van der Waals surface area contributed by atoms with E-state index in [2.05, 4.69) is 10.3 Å². The van der Waals surface area contributed by atoms with Crippen LogP contribution in [0.3, 0.4) is 0 Å². The molecule has 192 valence electrons. The van der Waals surface area contributed by atoms with Gasteiger partial charge < -0.3 is 11.1 Å². The fraction of sp³-hybridized carbons (Fsp3) is 0.250. The number of amides is 1. The molecule has 0 spiro atoms. The van der Waals surface area contributed by atoms with Gasteiger partial charge in [0.25, 0.3) is 0 Å². The molecule has 0 saturated heterocycles. The summed E-state index contributed by atoms with van der Waals surface area (Å²) in [6.07, 6.45) is 4.28. The Morgan fingerprint density at radius 2 is 1.58 bits per heavy atom. The zero-order valence-corrected chi connectivity index (χ0v) is 22.4. The highest BCUT2D eigenvalue weighted by atomic mass is 32.3. The van der Waals surface area contributed by atoms with Gasteiger partial charge in [0.2, 0.25) is 26.0 Å². The summed E-state index contributed by atoms with van der Waals surface area (Å²) < 4.78 is 47.8. The van der Waals surface area contributed by atoms with Crippen molar-refractivity contribution in [2.45, 2.75) is 25.7 Å². The molecular formula is C24H28N4O5S3. The SMILES string of the molecule is CS(=O)(=O)N(c1ccc(NC(=O)CCCCc2ccc(/N=C(\N)c3cccs3)cc2)cc1)S(C)(=O)=O. The Kier molecular flexibility index (Phi) is 8.88. The van der Waals surface area contributed by atoms with E-state index in [9.17, 15) is 21.6 Å². The molecule has 36 heavy (non-hydrogen) atoms. The Bertz CT molecular complexity index is 1380. The van der Waals surface area contributed by atoms with Crippen LogP contribution in [0.2, 0.25) is 0 Å². The smallest absolute Gasteiger partial charge is 0.245 e. The van der Waals surface area contributed by atoms with Crippen LogP contribution in [0.15, 0.2) is 71.0 Å². The topological polar surface area (TPSA) is 139 Å². The van der Waals surface area contributed by atoms with Crippen LogP contribution in [0.5, 0.6) is 0 Å². The number of aliphatic imine (C=N–C) groups is 1. The van der Waals surface area contributed by atoms with Crippen LogP contribution in [0.25, 0.3) is 0 Å². The van der Waals surface area contributed by atoms with Gasteiger partial charge in [-0.3, -0.25) is 4.79 Å². The second-order valence-electron chi connectivity index (χ2n) is 8.17. The van der Waals surface area contributed by atoms with E-state index < -0.39 is 20.0 Å². The summed E-state index contributed by atoms with van der Waals surface area (Å²) in [6.45, 7) is 0. The number of amidine groups is 1. The van der Waals surface area contributed by atoms with Crippen LogP contribution >= 0.6 is 11.3 Å². The maximum absolute atomic E-state index is 12.3. The number of hydrogen-bond acceptors (Lipinski definition) is 7. The fourth-order valence-corrected chi connectivity index (χ4v) is 7.09. The van der Waals surface area contributed by atoms with Gasteiger partial charge in [0.15, 0.2) is 0 Å². The van der Waals surface area contributed by atoms with E-state index in [1.54, 1.807) is 0 Å². The van der Waals surface area contributed by atoms with Crippen molar-refractivity contribution in [1.82, 2.24) is 0 Å². The summed E-state index contributed by atoms with van der Waals surface area (Å²) in [7, 11) is -8.04. The second-order valence-corrected chi connectivity index (χ2v) is 13.0. The zero-order valence-electron chi connectivity index (χ0n) is 19.9. The van der Waals surface area contributed by atoms with Gasteiger partial charge in [-0.2, -0.15) is 3.71 Å². The molecule has 1 aromatic heterocycles. The van der Waals surface area contributed by atoms with Crippen LogP contribution in [-0.4, -0.2) is 41.1 Å². The number of rotatable bonds is 11. The quantitative estimate of drug-likeness (QED) is 0.212. The molecule has 3 aromatic rings. The number of anilines is 2. The molecule has 0 saturated carbocycles. The minimum Gasteiger partial charge on any atom is -0.383 e. The predicted molar refractivity (Wildman–Crippen MR) is 146 cm³/mol. The molecule has 9 nitrogen and oxygen atoms in total. The normalized spacial score (nSPS) is 12.3. The molecule has 0 bridgehead atoms. The fourth-order valence-electron chi connectivity index (χ4n) is 3.49. The molecule has 0 aliphatic carbocycles. The lowest BCUT2D eigenvalue weighted by atomic mass is 10.1. The molecule has 0 aliphatic rings. The van der Waals surface area contributed by atoms with E-state index in [0.29, 0.717) is 28.1 Å². The van der Waals surface area contributed by atoms with Crippen LogP contribution in [-0.2, 0) is 31.3 Å². The summed E-state index contributed by atoms with van der Waals surface area (Å²) in [5.41, 5.74) is 8.37. The average molecular weight is 549 g/mol. The van der Waals surface area contributed by atoms with Crippen molar-refractivity contribution in [3.63, 3.8) is 0 Å². The minimum absolute atomic E-state index is 0.0242. The lowest BCUT2D eigenvalue weighted by Gasteiger charge is -2.19. The predicted octanol–water partition coefficient (Wildman–Crippen LogP) is 3.86. The number of carbonyl (C=O) groups excluding carboxylic acids is 1. The first-order valence-electron chi connectivity index (χ1n) is 11.0. The second kappa shape index (κ2) is 11.7. The molecule has 0 aliphatic heterocycles. The summed E-state index contributed by atoms with van der Waals surface area (Å²) >= 11 is 1.54. The van der Waals surface area contributed by atoms with E-state index in [1.807, 2.05) is 41.8 Å². The Morgan fingerprint density at radius 3 is 2.14 bits per heavy atom. The molecule has 2 aromatic carbocycles. The first-order valence-corrected chi connectivity index (χ1v) is 15.6. The third kappa shape index (κ3) is 7.90. The molecule has 0 unspecified atom stereocenters. The van der Waals surface area contributed by atoms with Crippen molar-refractivity contribution in [3.05, 3.63) is 76.5 Å². The third-order valence-corrected chi connectivity index (χ3v) is 9.19. The zero-order chi connectivity index (χ0) is 26.3. The summed E-state index contributed by atoms with van der Waals surface area (Å²) in [5, 5.41) is 4.69. The Balaban J connectivity index is 1.46. The van der Waals surface area contributed by atoms with Crippen molar-refractivity contribution in [2.75, 3.05) is 21.5 Å². The first kappa shape index (κ1) is 27.4. The van der Waals surface area contributed by atoms with Gasteiger partial charge in [0, 0.05) is 12.1 Å². The number of unbranched alkanes of at least 4 members (excludes halogenated alkanes) is 1. The van der Waals surface area contributed by atoms with Crippen LogP contribution in [0.4, 0.5) is 17.1 Å². The monoisotopic (exact) mass is 548 g/mol. The highest BCUT2D eigenvalue weighted by molar-refractivity contribution is 8.09. The molecule has 1 heterocycles. The standard InChI is InChI=1S/C24H28N4O5S3/c1-35(30,31)28(36(2,32)33)21-15-13-19(14-16-21)26-23(29)8-4-3-6-18-9-11-20(12-10-18)27-24(25)22-7-5-17-34-22/h5,7,9-17H,3-4,6,8H2,1-2H3,(H2,25,27)(H,26,29). The molecule has 12 heteroatoms. The van der Waals surface area contributed by atoms with Gasteiger partial charge in [0.1, 0.15) is 5.84 Å². The summed E-state index contributed by atoms with van der Waals surface area (Å²) in [4.78, 5) is 17.6. The van der Waals surface area contributed by atoms with Gasteiger partial charge >= 0.3 is 0 Å². The van der Waals surface area contributed by atoms with Crippen molar-refractivity contribution in [2.24, 2.45) is 10.7 Å². The summed E-state index contributed by atoms with van der Waals surface area (Å²) in [6, 6.07) is 17.3. The Labute approximate surface area is 215 Å². The van der Waals surface area contributed by atoms with E-state index in [4.69, 9.17) is 5.73 Å². The molecule has 3 rings (SSSR count). The van der Waals surface area contributed by atoms with Crippen molar-refractivity contribution >= 4 is 60.2 Å². The summed E-state index contributed by atoms with van der Waals surface area (Å²) in [5.74, 6) is 0.307. The van der Waals surface area contributed by atoms with Gasteiger partial charge in [-0.15, -0.1) is 11.3 Å². The number of nitrogens with two attached hydrogens (primary N) is 1. The number of nitrogens with zero attached hydrogens (tertiary/aromatic N) is 2. The van der Waals surface area contributed by atoms with Crippen molar-refractivity contribution in [1.29, 1.82) is 0 Å². The molecule has 3 N–H and O–H groups in total. The van der Waals surface area contributed by atoms with Crippen LogP contribution in [0, 0.1) is 0 Å². The highest BCUT2D eigenvalue weighted by Gasteiger charge is 2.27. The average Bonchev–Trinajstić information content (AvgIpc) is 3.32. The van der Waals surface area contributed by atoms with E-state index >= 15 is 0 Å². The lowest BCUT2D eigenvalue weighted by Crippen LogP contribution is -2.35. The number of sulfonamides is 2. The highest BCUT2D eigenvalue weighted by Crippen LogP contribution is 2.23. The van der Waals surface area contributed by atoms with Gasteiger partial charge in [-0.25, -0.2) is 21.8 Å². The lowest BCUT2D eigenvalue weighted by molar-refractivity contribution is -0.116. The maximum Gasteiger partial charge on any atom is 0.245 e. The van der Waals surface area contributed by atoms with Crippen molar-refractivity contribution in [3.8, 4) is 0 Å². The van der Waals surface area contributed by atoms with E-state index in [-0.39, 0.29) is 11.6 Å². The molecular weight excluding hydrogens is 520 g/mol. The Hall–Kier alpha value is -3.22. The number of thiophene rings is 1. The van der Waals surface area contributed by atoms with Crippen LogP contribution < -0.4 is 14.8 Å². The molecule has 0 atom stereocenters. The molecule has 0 fully saturated rings. The van der Waals surface area contributed by atoms with Gasteiger partial charge in [-0.1, -0.05) is 18.2 Å². The third-order valence-electron chi connectivity index (χ3n) is 5.04. The van der Waals surface area contributed by atoms with E-state index in [1.165, 1.54) is 35.6 Å². The maximum atomic E-state index is 12.3. The number of carbonyl (C=O) groups is 1. The van der Waals surface area contributed by atoms with Crippen LogP contribution in [0.1, 0.15) is 29.7 Å². The number of nitrogens with one attached hydrogen (secondary N) is 1. The number of aryl methyl sites for hydroxylation is 1. The van der Waals surface area contributed by atoms with Gasteiger partial charge in [0.05, 0.1) is 28.8 Å². The van der Waals surface area contributed by atoms with E-state index in [0.717, 1.165) is 41.5 Å². The Morgan fingerprint density at radius 1 is 0.944 bits per heavy atom.